The number of imidazole rings is 1. The maximum atomic E-state index is 14.2. The van der Waals surface area contributed by atoms with Crippen LogP contribution >= 0.6 is 0 Å². The molecule has 107 heavy (non-hydrogen) atoms. The molecule has 13 rings (SSSR count). The van der Waals surface area contributed by atoms with Gasteiger partial charge in [0.15, 0.2) is 69.2 Å². The number of aromatic nitrogens is 17. The smallest absolute Gasteiger partial charge is 0.453 e. The third-order valence-corrected chi connectivity index (χ3v) is 16.4. The average molecular weight is 1520 g/mol. The third-order valence-electron chi connectivity index (χ3n) is 15.0. The summed E-state index contributed by atoms with van der Waals surface area (Å²) in [6.45, 7) is -1.51. The number of hydrogen-bond acceptors (Lipinski definition) is 24. The fourth-order valence-corrected chi connectivity index (χ4v) is 10.8. The van der Waals surface area contributed by atoms with Crippen LogP contribution in [0.5, 0.6) is 0 Å². The van der Waals surface area contributed by atoms with Crippen molar-refractivity contribution in [1.29, 1.82) is 0 Å². The number of fused-ring (bicyclic) bond motifs is 4. The quantitative estimate of drug-likeness (QED) is 0.0417. The van der Waals surface area contributed by atoms with Crippen molar-refractivity contribution in [2.24, 2.45) is 0 Å². The minimum Gasteiger partial charge on any atom is -0.453 e. The van der Waals surface area contributed by atoms with Gasteiger partial charge < -0.3 is 38.1 Å². The summed E-state index contributed by atoms with van der Waals surface area (Å²) >= 11 is 0. The van der Waals surface area contributed by atoms with Gasteiger partial charge in [0.05, 0.1) is 63.1 Å². The third kappa shape index (κ3) is 17.2. The van der Waals surface area contributed by atoms with Gasteiger partial charge in [-0.1, -0.05) is 54.6 Å². The van der Waals surface area contributed by atoms with Crippen molar-refractivity contribution in [2.45, 2.75) is 51.0 Å². The molecule has 0 saturated carbocycles. The summed E-state index contributed by atoms with van der Waals surface area (Å²) in [5.74, 6) is -4.01. The number of nitrogen functional groups attached to an aromatic ring is 5. The molecule has 0 aliphatic heterocycles. The molecule has 0 spiro atoms. The number of carbonyl (C=O) groups excluding carboxylic acids is 2. The first-order valence-electron chi connectivity index (χ1n) is 30.5. The number of carbonyl (C=O) groups is 2. The van der Waals surface area contributed by atoms with E-state index >= 15 is 0 Å². The first-order valence-corrected chi connectivity index (χ1v) is 32.1. The standard InChI is InChI=1S/C21H19F3N8O2.C20H15F3N8O.C19H17FN8O2.C3H3F5O2S/c1-34-21(33)31(10-14(23)24)16-17(25)28-19(29-18(16)26)15-12-6-4-8-27-20(12)32(30-15)9-11-5-2-3-7-13(11)22;21-12-6-2-1-4-10(12)8-31-19-11(5-3-7-25-19)14(29-31)17-26-16(24)15-18(27-17)28-20(32)30(15)9-13(22)23;1-30-19(29)24-14-15(21)25-17(26-16(14)22)13-11-6-4-8-23-18(11)28(27-13)9-10-5-2-3-7-12(10)20;4-2(5)1-11(9,10)3(6,7)8/h2-8,14H,9-10H2,1H3,(H4,25,26,28,29);1-7,13H,8-9H2,(H3,24,26,27,28,32);2-8H,9H2,1H3,(H,24,29)(H4,21,22,25,26);2H,1H2. The van der Waals surface area contributed by atoms with Crippen molar-refractivity contribution >= 4 is 107 Å². The number of alkyl halides is 9. The van der Waals surface area contributed by atoms with Crippen LogP contribution in [0.4, 0.5) is 103 Å². The van der Waals surface area contributed by atoms with Gasteiger partial charge >= 0.3 is 23.4 Å². The van der Waals surface area contributed by atoms with Crippen molar-refractivity contribution in [1.82, 2.24) is 83.7 Å². The number of benzene rings is 3. The molecule has 13 aromatic rings. The maximum absolute atomic E-state index is 14.2. The Balaban J connectivity index is 0.000000160. The Bertz CT molecular complexity index is 5580. The van der Waals surface area contributed by atoms with Gasteiger partial charge in [-0.05, 0) is 54.6 Å². The normalized spacial score (nSPS) is 11.6. The molecule has 44 heteroatoms. The molecule has 0 aliphatic carbocycles. The van der Waals surface area contributed by atoms with E-state index in [0.29, 0.717) is 66.1 Å². The molecule has 0 bridgehead atoms. The van der Waals surface area contributed by atoms with Gasteiger partial charge in [-0.2, -0.15) is 28.5 Å². The van der Waals surface area contributed by atoms with Crippen LogP contribution in [0.3, 0.4) is 0 Å². The Kier molecular flexibility index (Phi) is 22.9. The number of nitrogens with one attached hydrogen (secondary N) is 2. The van der Waals surface area contributed by atoms with E-state index < -0.39 is 77.2 Å². The van der Waals surface area contributed by atoms with Gasteiger partial charge in [0.1, 0.15) is 57.2 Å². The number of pyridine rings is 3. The van der Waals surface area contributed by atoms with Crippen LogP contribution < -0.4 is 44.6 Å². The molecular weight excluding hydrogens is 1460 g/mol. The lowest BCUT2D eigenvalue weighted by Gasteiger charge is -2.22. The number of anilines is 7. The molecule has 10 aromatic heterocycles. The Morgan fingerprint density at radius 3 is 1.29 bits per heavy atom. The molecule has 2 amide bonds. The Labute approximate surface area is 592 Å². The molecule has 0 radical (unpaired) electrons. The zero-order valence-corrected chi connectivity index (χ0v) is 55.7. The number of hydrogen-bond donors (Lipinski definition) is 7. The van der Waals surface area contributed by atoms with E-state index in [1.165, 1.54) is 34.7 Å². The Morgan fingerprint density at radius 1 is 0.542 bits per heavy atom. The van der Waals surface area contributed by atoms with E-state index in [2.05, 4.69) is 79.9 Å². The number of aromatic amines is 1. The van der Waals surface area contributed by atoms with Crippen molar-refractivity contribution in [3.8, 4) is 34.6 Å². The SMILES string of the molecule is COC(=O)N(CC(F)F)c1c(N)nc(-c2nn(Cc3ccccc3F)c3ncccc23)nc1N.COC(=O)Nc1c(N)nc(-c2nn(Cc3ccccc3F)c3ncccc23)nc1N.Nc1nc(-c2nn(Cc3ccccc3F)c3ncccc23)nc2[nH]c(=O)n(CC(F)F)c12.O=S(=O)(CC(F)F)C(F)(F)F. The van der Waals surface area contributed by atoms with Crippen molar-refractivity contribution < 1.29 is 80.2 Å². The summed E-state index contributed by atoms with van der Waals surface area (Å²) in [7, 11) is -3.41. The summed E-state index contributed by atoms with van der Waals surface area (Å²) in [6, 6.07) is 29.3. The van der Waals surface area contributed by atoms with Gasteiger partial charge in [0, 0.05) is 35.3 Å². The molecule has 0 aliphatic rings. The molecule has 0 atom stereocenters. The number of sulfone groups is 1. The largest absolute Gasteiger partial charge is 0.497 e. The van der Waals surface area contributed by atoms with Crippen LogP contribution in [0.25, 0.3) is 78.8 Å². The van der Waals surface area contributed by atoms with E-state index in [0.717, 1.165) is 11.7 Å². The number of ether oxygens (including phenoxy) is 2. The van der Waals surface area contributed by atoms with Gasteiger partial charge in [0.2, 0.25) is 0 Å². The Hall–Kier alpha value is -13.3. The molecule has 10 heterocycles. The van der Waals surface area contributed by atoms with Crippen molar-refractivity contribution in [2.75, 3.05) is 65.4 Å². The molecule has 31 nitrogen and oxygen atoms in total. The van der Waals surface area contributed by atoms with Crippen LogP contribution in [0.15, 0.2) is 133 Å². The van der Waals surface area contributed by atoms with Gasteiger partial charge in [-0.3, -0.25) is 19.8 Å². The van der Waals surface area contributed by atoms with Crippen molar-refractivity contribution in [3.63, 3.8) is 0 Å². The molecule has 558 valence electrons. The average Bonchev–Trinajstić information content (AvgIpc) is 1.61. The minimum atomic E-state index is -5.65. The second-order valence-electron chi connectivity index (χ2n) is 22.0. The number of nitrogens with two attached hydrogens (primary N) is 5. The lowest BCUT2D eigenvalue weighted by molar-refractivity contribution is -0.0447. The first-order chi connectivity index (χ1) is 50.9. The van der Waals surface area contributed by atoms with E-state index in [1.807, 2.05) is 0 Å². The first kappa shape index (κ1) is 76.3. The number of rotatable bonds is 17. The Morgan fingerprint density at radius 2 is 0.935 bits per heavy atom. The van der Waals surface area contributed by atoms with E-state index in [1.54, 1.807) is 114 Å². The zero-order chi connectivity index (χ0) is 77.3. The monoisotopic (exact) mass is 1520 g/mol. The molecule has 0 fully saturated rings. The van der Waals surface area contributed by atoms with Gasteiger partial charge in [-0.25, -0.2) is 121 Å². The van der Waals surface area contributed by atoms with E-state index in [4.69, 9.17) is 28.7 Å². The highest BCUT2D eigenvalue weighted by molar-refractivity contribution is 7.92. The zero-order valence-electron chi connectivity index (χ0n) is 54.9. The van der Waals surface area contributed by atoms with E-state index in [-0.39, 0.29) is 106 Å². The topological polar surface area (TPSA) is 439 Å². The van der Waals surface area contributed by atoms with Crippen LogP contribution in [0.1, 0.15) is 16.7 Å². The fraction of sp³-hybridized carbons (Fsp3) is 0.190. The lowest BCUT2D eigenvalue weighted by Crippen LogP contribution is -2.36. The lowest BCUT2D eigenvalue weighted by atomic mass is 10.2. The number of H-pyrrole nitrogens is 1. The molecule has 12 N–H and O–H groups in total. The predicted molar refractivity (Wildman–Crippen MR) is 364 cm³/mol. The van der Waals surface area contributed by atoms with Crippen LogP contribution in [0.2, 0.25) is 0 Å². The fourth-order valence-electron chi connectivity index (χ4n) is 10.3. The second-order valence-corrected chi connectivity index (χ2v) is 24.1. The molecule has 0 unspecified atom stereocenters. The molecular formula is C63H54F12N24O7S. The van der Waals surface area contributed by atoms with Crippen LogP contribution in [-0.4, -0.2) is 156 Å². The van der Waals surface area contributed by atoms with E-state index in [9.17, 15) is 75.5 Å². The van der Waals surface area contributed by atoms with Crippen molar-refractivity contribution in [3.05, 3.63) is 172 Å². The second kappa shape index (κ2) is 32.1. The summed E-state index contributed by atoms with van der Waals surface area (Å²) < 4.78 is 185. The number of amides is 2. The number of halogens is 12. The number of methoxy groups -OCH3 is 2. The minimum absolute atomic E-state index is 0.00716. The van der Waals surface area contributed by atoms with Gasteiger partial charge in [-0.15, -0.1) is 0 Å². The summed E-state index contributed by atoms with van der Waals surface area (Å²) in [5, 5.41) is 17.6. The predicted octanol–water partition coefficient (Wildman–Crippen LogP) is 9.25. The summed E-state index contributed by atoms with van der Waals surface area (Å²) in [5.41, 5.74) is 26.9. The number of nitrogens with zero attached hydrogens (tertiary/aromatic N) is 17. The highest BCUT2D eigenvalue weighted by Crippen LogP contribution is 2.36. The summed E-state index contributed by atoms with van der Waals surface area (Å²) in [6.07, 6.45) is -6.26. The molecule has 0 saturated heterocycles. The van der Waals surface area contributed by atoms with Gasteiger partial charge in [0.25, 0.3) is 29.1 Å². The summed E-state index contributed by atoms with van der Waals surface area (Å²) in [4.78, 5) is 76.8. The maximum Gasteiger partial charge on any atom is 0.497 e. The molecule has 3 aromatic carbocycles. The highest BCUT2D eigenvalue weighted by atomic mass is 32.2. The van der Waals surface area contributed by atoms with Crippen LogP contribution in [0, 0.1) is 17.5 Å². The highest BCUT2D eigenvalue weighted by Gasteiger charge is 2.47. The van der Waals surface area contributed by atoms with Crippen LogP contribution in [-0.2, 0) is 45.5 Å².